The van der Waals surface area contributed by atoms with Gasteiger partial charge in [0.1, 0.15) is 5.60 Å². The monoisotopic (exact) mass is 377 g/mol. The van der Waals surface area contributed by atoms with Crippen molar-refractivity contribution in [2.75, 3.05) is 26.7 Å². The van der Waals surface area contributed by atoms with Crippen molar-refractivity contribution in [1.82, 2.24) is 21.3 Å². The zero-order chi connectivity index (χ0) is 20.3. The number of carbonyl (C=O) groups is 2. The molecule has 1 rings (SSSR count). The second-order valence-corrected chi connectivity index (χ2v) is 6.83. The minimum absolute atomic E-state index is 0.113. The van der Waals surface area contributed by atoms with Gasteiger partial charge in [-0.05, 0) is 45.4 Å². The van der Waals surface area contributed by atoms with Gasteiger partial charge in [-0.1, -0.05) is 12.1 Å². The fourth-order valence-electron chi connectivity index (χ4n) is 2.08. The van der Waals surface area contributed by atoms with E-state index in [9.17, 15) is 9.59 Å². The molecule has 4 N–H and O–H groups in total. The number of nitrogens with one attached hydrogen (secondary N) is 4. The second kappa shape index (κ2) is 11.1. The Morgan fingerprint density at radius 2 is 1.67 bits per heavy atom. The van der Waals surface area contributed by atoms with Crippen molar-refractivity contribution >= 4 is 18.0 Å². The lowest BCUT2D eigenvalue weighted by molar-refractivity contribution is 0.0528. The summed E-state index contributed by atoms with van der Waals surface area (Å²) in [5.74, 6) is 0.538. The average Bonchev–Trinajstić information content (AvgIpc) is 2.61. The van der Waals surface area contributed by atoms with Crippen LogP contribution in [-0.4, -0.2) is 50.2 Å². The molecule has 8 heteroatoms. The van der Waals surface area contributed by atoms with Crippen LogP contribution >= 0.6 is 0 Å². The Bertz CT molecular complexity index is 636. The van der Waals surface area contributed by atoms with Crippen LogP contribution in [0.5, 0.6) is 0 Å². The standard InChI is InChI=1S/C19H31N5O3/c1-6-21-17(22-11-12-23-18(26)27-19(2,3)4)24-13-14-7-9-15(10-8-14)16(25)20-5/h7-10H,6,11-13H2,1-5H3,(H,20,25)(H,23,26)(H2,21,22,24). The molecule has 0 radical (unpaired) electrons. The van der Waals surface area contributed by atoms with Crippen molar-refractivity contribution < 1.29 is 14.3 Å². The summed E-state index contributed by atoms with van der Waals surface area (Å²) < 4.78 is 5.18. The van der Waals surface area contributed by atoms with Crippen LogP contribution in [0.1, 0.15) is 43.6 Å². The number of carbonyl (C=O) groups excluding carboxylic acids is 2. The minimum atomic E-state index is -0.513. The molecule has 0 aliphatic heterocycles. The summed E-state index contributed by atoms with van der Waals surface area (Å²) in [4.78, 5) is 27.7. The number of hydrogen-bond acceptors (Lipinski definition) is 4. The van der Waals surface area contributed by atoms with E-state index in [-0.39, 0.29) is 5.91 Å². The van der Waals surface area contributed by atoms with E-state index < -0.39 is 11.7 Å². The summed E-state index contributed by atoms with van der Waals surface area (Å²) >= 11 is 0. The molecule has 0 unspecified atom stereocenters. The molecule has 0 spiro atoms. The predicted octanol–water partition coefficient (Wildman–Crippen LogP) is 1.63. The van der Waals surface area contributed by atoms with Gasteiger partial charge in [0.05, 0.1) is 6.54 Å². The van der Waals surface area contributed by atoms with Gasteiger partial charge in [0.25, 0.3) is 5.91 Å². The Balaban J connectivity index is 2.48. The van der Waals surface area contributed by atoms with Crippen molar-refractivity contribution in [2.45, 2.75) is 39.8 Å². The van der Waals surface area contributed by atoms with E-state index in [0.29, 0.717) is 31.2 Å². The summed E-state index contributed by atoms with van der Waals surface area (Å²) in [6.07, 6.45) is -0.442. The first-order valence-corrected chi connectivity index (χ1v) is 9.05. The SMILES string of the molecule is CCNC(=NCc1ccc(C(=O)NC)cc1)NCCNC(=O)OC(C)(C)C. The number of nitrogens with zero attached hydrogens (tertiary/aromatic N) is 1. The molecule has 0 aliphatic rings. The van der Waals surface area contributed by atoms with Gasteiger partial charge in [0, 0.05) is 32.2 Å². The molecule has 8 nitrogen and oxygen atoms in total. The number of aliphatic imine (C=N–C) groups is 1. The van der Waals surface area contributed by atoms with Crippen LogP contribution in [-0.2, 0) is 11.3 Å². The molecule has 0 fully saturated rings. The number of ether oxygens (including phenoxy) is 1. The highest BCUT2D eigenvalue weighted by atomic mass is 16.6. The lowest BCUT2D eigenvalue weighted by atomic mass is 10.1. The summed E-state index contributed by atoms with van der Waals surface area (Å²) in [6, 6.07) is 7.30. The van der Waals surface area contributed by atoms with Crippen LogP contribution in [0.25, 0.3) is 0 Å². The Hall–Kier alpha value is -2.77. The highest BCUT2D eigenvalue weighted by molar-refractivity contribution is 5.93. The maximum absolute atomic E-state index is 11.6. The molecule has 0 saturated heterocycles. The molecule has 27 heavy (non-hydrogen) atoms. The van der Waals surface area contributed by atoms with Crippen molar-refractivity contribution in [3.63, 3.8) is 0 Å². The minimum Gasteiger partial charge on any atom is -0.444 e. The summed E-state index contributed by atoms with van der Waals surface area (Å²) in [5, 5.41) is 11.6. The first-order valence-electron chi connectivity index (χ1n) is 9.05. The van der Waals surface area contributed by atoms with Gasteiger partial charge in [-0.2, -0.15) is 0 Å². The molecule has 0 bridgehead atoms. The molecule has 1 aromatic carbocycles. The smallest absolute Gasteiger partial charge is 0.407 e. The fraction of sp³-hybridized carbons (Fsp3) is 0.526. The Labute approximate surface area is 161 Å². The van der Waals surface area contributed by atoms with Crippen molar-refractivity contribution in [3.8, 4) is 0 Å². The molecule has 2 amide bonds. The van der Waals surface area contributed by atoms with E-state index in [0.717, 1.165) is 12.1 Å². The number of guanidine groups is 1. The molecule has 0 atom stereocenters. The molecule has 150 valence electrons. The maximum Gasteiger partial charge on any atom is 0.407 e. The molecule has 0 heterocycles. The topological polar surface area (TPSA) is 104 Å². The zero-order valence-electron chi connectivity index (χ0n) is 16.8. The van der Waals surface area contributed by atoms with E-state index in [2.05, 4.69) is 26.3 Å². The number of amides is 2. The third-order valence-corrected chi connectivity index (χ3v) is 3.29. The summed E-state index contributed by atoms with van der Waals surface area (Å²) in [5.41, 5.74) is 1.09. The van der Waals surface area contributed by atoms with E-state index in [4.69, 9.17) is 4.74 Å². The van der Waals surface area contributed by atoms with E-state index in [1.165, 1.54) is 0 Å². The van der Waals surface area contributed by atoms with Gasteiger partial charge in [-0.25, -0.2) is 9.79 Å². The maximum atomic E-state index is 11.6. The summed E-state index contributed by atoms with van der Waals surface area (Å²) in [6.45, 7) is 9.57. The third-order valence-electron chi connectivity index (χ3n) is 3.29. The average molecular weight is 377 g/mol. The van der Waals surface area contributed by atoms with E-state index in [1.807, 2.05) is 39.8 Å². The van der Waals surface area contributed by atoms with Crippen LogP contribution in [0.4, 0.5) is 4.79 Å². The number of alkyl carbamates (subject to hydrolysis) is 1. The quantitative estimate of drug-likeness (QED) is 0.328. The van der Waals surface area contributed by atoms with Crippen LogP contribution < -0.4 is 21.3 Å². The first-order chi connectivity index (χ1) is 12.7. The largest absolute Gasteiger partial charge is 0.444 e. The zero-order valence-corrected chi connectivity index (χ0v) is 16.8. The molecule has 0 saturated carbocycles. The van der Waals surface area contributed by atoms with Crippen LogP contribution in [0, 0.1) is 0 Å². The molecule has 0 aromatic heterocycles. The first kappa shape index (κ1) is 22.3. The second-order valence-electron chi connectivity index (χ2n) is 6.83. The van der Waals surface area contributed by atoms with Gasteiger partial charge >= 0.3 is 6.09 Å². The van der Waals surface area contributed by atoms with Crippen molar-refractivity contribution in [3.05, 3.63) is 35.4 Å². The number of rotatable bonds is 7. The Kier molecular flexibility index (Phi) is 9.12. The van der Waals surface area contributed by atoms with Crippen molar-refractivity contribution in [2.24, 2.45) is 4.99 Å². The van der Waals surface area contributed by atoms with Gasteiger partial charge in [0.2, 0.25) is 0 Å². The molecular formula is C19H31N5O3. The predicted molar refractivity (Wildman–Crippen MR) is 107 cm³/mol. The normalized spacial score (nSPS) is 11.5. The number of hydrogen-bond donors (Lipinski definition) is 4. The highest BCUT2D eigenvalue weighted by Gasteiger charge is 2.15. The lowest BCUT2D eigenvalue weighted by Crippen LogP contribution is -2.42. The third kappa shape index (κ3) is 9.48. The van der Waals surface area contributed by atoms with Gasteiger partial charge in [-0.3, -0.25) is 4.79 Å². The van der Waals surface area contributed by atoms with Crippen LogP contribution in [0.15, 0.2) is 29.3 Å². The van der Waals surface area contributed by atoms with Crippen molar-refractivity contribution in [1.29, 1.82) is 0 Å². The Morgan fingerprint density at radius 3 is 2.22 bits per heavy atom. The van der Waals surface area contributed by atoms with Crippen LogP contribution in [0.3, 0.4) is 0 Å². The highest BCUT2D eigenvalue weighted by Crippen LogP contribution is 2.06. The molecular weight excluding hydrogens is 346 g/mol. The molecule has 0 aliphatic carbocycles. The van der Waals surface area contributed by atoms with Crippen LogP contribution in [0.2, 0.25) is 0 Å². The van der Waals surface area contributed by atoms with E-state index >= 15 is 0 Å². The van der Waals surface area contributed by atoms with Gasteiger partial charge < -0.3 is 26.0 Å². The number of benzene rings is 1. The van der Waals surface area contributed by atoms with E-state index in [1.54, 1.807) is 19.2 Å². The fourth-order valence-corrected chi connectivity index (χ4v) is 2.08. The summed E-state index contributed by atoms with van der Waals surface area (Å²) in [7, 11) is 1.60. The molecule has 1 aromatic rings. The van der Waals surface area contributed by atoms with Gasteiger partial charge in [-0.15, -0.1) is 0 Å². The Morgan fingerprint density at radius 1 is 1.04 bits per heavy atom. The van der Waals surface area contributed by atoms with Gasteiger partial charge in [0.15, 0.2) is 5.96 Å². The lowest BCUT2D eigenvalue weighted by Gasteiger charge is -2.19.